The Bertz CT molecular complexity index is 1400. The van der Waals surface area contributed by atoms with Crippen LogP contribution in [0.25, 0.3) is 15.9 Å². The van der Waals surface area contributed by atoms with Crippen molar-refractivity contribution in [1.82, 2.24) is 14.9 Å². The minimum absolute atomic E-state index is 0.00755. The lowest BCUT2D eigenvalue weighted by Crippen LogP contribution is -2.29. The van der Waals surface area contributed by atoms with Crippen LogP contribution in [0.4, 0.5) is 4.39 Å². The van der Waals surface area contributed by atoms with Crippen LogP contribution < -0.4 is 10.9 Å². The Morgan fingerprint density at radius 2 is 2.12 bits per heavy atom. The lowest BCUT2D eigenvalue weighted by atomic mass is 10.1. The Hall–Kier alpha value is -2.97. The number of fused-ring (bicyclic) bond motifs is 2. The molecule has 1 atom stereocenters. The van der Waals surface area contributed by atoms with Crippen molar-refractivity contribution < 1.29 is 9.18 Å². The Labute approximate surface area is 192 Å². The monoisotopic (exact) mass is 465 g/mol. The summed E-state index contributed by atoms with van der Waals surface area (Å²) in [4.78, 5) is 30.6. The van der Waals surface area contributed by atoms with Gasteiger partial charge in [0.25, 0.3) is 5.56 Å². The number of rotatable bonds is 5. The van der Waals surface area contributed by atoms with E-state index in [0.29, 0.717) is 26.6 Å². The highest BCUT2D eigenvalue weighted by Gasteiger charge is 2.24. The number of hydrogen-bond acceptors (Lipinski definition) is 5. The Morgan fingerprint density at radius 3 is 2.97 bits per heavy atom. The van der Waals surface area contributed by atoms with E-state index >= 15 is 0 Å². The maximum atomic E-state index is 13.7. The van der Waals surface area contributed by atoms with Crippen LogP contribution in [0.5, 0.6) is 0 Å². The molecule has 1 aliphatic rings. The van der Waals surface area contributed by atoms with E-state index in [9.17, 15) is 14.0 Å². The molecule has 4 aromatic rings. The summed E-state index contributed by atoms with van der Waals surface area (Å²) >= 11 is 2.53. The van der Waals surface area contributed by atoms with Crippen LogP contribution in [0, 0.1) is 12.7 Å². The molecule has 2 heterocycles. The summed E-state index contributed by atoms with van der Waals surface area (Å²) in [6.45, 7) is 1.75. The summed E-state index contributed by atoms with van der Waals surface area (Å²) < 4.78 is 15.7. The topological polar surface area (TPSA) is 64.0 Å². The number of thiophene rings is 1. The van der Waals surface area contributed by atoms with Crippen molar-refractivity contribution in [2.24, 2.45) is 0 Å². The van der Waals surface area contributed by atoms with Gasteiger partial charge in [0, 0.05) is 0 Å². The van der Waals surface area contributed by atoms with E-state index in [-0.39, 0.29) is 29.1 Å². The molecule has 0 unspecified atom stereocenters. The molecule has 2 aromatic carbocycles. The third-order valence-electron chi connectivity index (χ3n) is 5.65. The molecule has 5 nitrogen and oxygen atoms in total. The first kappa shape index (κ1) is 20.9. The average Bonchev–Trinajstić information content (AvgIpc) is 3.41. The molecule has 1 aliphatic carbocycles. The molecule has 162 valence electrons. The van der Waals surface area contributed by atoms with E-state index in [0.717, 1.165) is 12.8 Å². The quantitative estimate of drug-likeness (QED) is 0.340. The lowest BCUT2D eigenvalue weighted by Gasteiger charge is -2.16. The first-order valence-electron chi connectivity index (χ1n) is 10.3. The molecule has 0 bridgehead atoms. The fourth-order valence-electron chi connectivity index (χ4n) is 4.14. The number of carbonyl (C=O) groups is 1. The molecule has 8 heteroatoms. The smallest absolute Gasteiger partial charge is 0.276 e. The normalized spacial score (nSPS) is 15.1. The summed E-state index contributed by atoms with van der Waals surface area (Å²) in [6, 6.07) is 14.2. The van der Waals surface area contributed by atoms with E-state index in [1.807, 2.05) is 17.5 Å². The second kappa shape index (κ2) is 8.52. The molecule has 0 spiro atoms. The molecular formula is C24H20FN3O2S2. The molecule has 2 aromatic heterocycles. The predicted molar refractivity (Wildman–Crippen MR) is 126 cm³/mol. The summed E-state index contributed by atoms with van der Waals surface area (Å²) in [7, 11) is 0. The Balaban J connectivity index is 1.43. The molecule has 32 heavy (non-hydrogen) atoms. The predicted octanol–water partition coefficient (Wildman–Crippen LogP) is 4.79. The van der Waals surface area contributed by atoms with Gasteiger partial charge in [-0.3, -0.25) is 14.2 Å². The van der Waals surface area contributed by atoms with Gasteiger partial charge in [-0.2, -0.15) is 0 Å². The average molecular weight is 466 g/mol. The lowest BCUT2D eigenvalue weighted by molar-refractivity contribution is -0.119. The van der Waals surface area contributed by atoms with Crippen LogP contribution in [-0.4, -0.2) is 21.2 Å². The van der Waals surface area contributed by atoms with Gasteiger partial charge in [-0.1, -0.05) is 36.0 Å². The molecule has 0 saturated heterocycles. The zero-order chi connectivity index (χ0) is 22.2. The van der Waals surface area contributed by atoms with Crippen LogP contribution in [0.2, 0.25) is 0 Å². The number of aryl methyl sites for hydroxylation is 2. The molecule has 0 aliphatic heterocycles. The molecular weight excluding hydrogens is 445 g/mol. The van der Waals surface area contributed by atoms with Crippen molar-refractivity contribution in [1.29, 1.82) is 0 Å². The minimum Gasteiger partial charge on any atom is -0.349 e. The fraction of sp³-hybridized carbons (Fsp3) is 0.208. The van der Waals surface area contributed by atoms with Gasteiger partial charge in [-0.25, -0.2) is 9.37 Å². The Morgan fingerprint density at radius 1 is 1.28 bits per heavy atom. The standard InChI is InChI=1S/C24H20FN3O2S2/c1-14-12-16(25)7-9-20(14)28-23(30)22-19(10-11-31-22)27-24(28)32-13-21(29)26-18-8-6-15-4-2-3-5-17(15)18/h2-5,7,9-12,18H,6,8,13H2,1H3,(H,26,29)/t18-/m1/s1. The summed E-state index contributed by atoms with van der Waals surface area (Å²) in [5.41, 5.74) is 4.01. The van der Waals surface area contributed by atoms with E-state index in [1.54, 1.807) is 19.1 Å². The van der Waals surface area contributed by atoms with E-state index < -0.39 is 0 Å². The first-order chi connectivity index (χ1) is 15.5. The number of aromatic nitrogens is 2. The number of halogens is 1. The van der Waals surface area contributed by atoms with Crippen molar-refractivity contribution in [2.75, 3.05) is 5.75 Å². The van der Waals surface area contributed by atoms with Gasteiger partial charge < -0.3 is 5.32 Å². The van der Waals surface area contributed by atoms with Crippen molar-refractivity contribution in [2.45, 2.75) is 31.0 Å². The number of nitrogens with zero attached hydrogens (tertiary/aromatic N) is 2. The zero-order valence-corrected chi connectivity index (χ0v) is 18.9. The molecule has 0 radical (unpaired) electrons. The summed E-state index contributed by atoms with van der Waals surface area (Å²) in [5.74, 6) is -0.352. The summed E-state index contributed by atoms with van der Waals surface area (Å²) in [5, 5.41) is 5.34. The third kappa shape index (κ3) is 3.84. The third-order valence-corrected chi connectivity index (χ3v) is 7.48. The second-order valence-electron chi connectivity index (χ2n) is 7.75. The number of benzene rings is 2. The van der Waals surface area contributed by atoms with E-state index in [1.165, 1.54) is 50.9 Å². The SMILES string of the molecule is Cc1cc(F)ccc1-n1c(SCC(=O)N[C@@H]2CCc3ccccc32)nc2ccsc2c1=O. The van der Waals surface area contributed by atoms with Crippen LogP contribution in [0.1, 0.15) is 29.2 Å². The van der Waals surface area contributed by atoms with Gasteiger partial charge >= 0.3 is 0 Å². The van der Waals surface area contributed by atoms with E-state index in [4.69, 9.17) is 0 Å². The van der Waals surface area contributed by atoms with E-state index in [2.05, 4.69) is 22.4 Å². The maximum Gasteiger partial charge on any atom is 0.276 e. The largest absolute Gasteiger partial charge is 0.349 e. The number of thioether (sulfide) groups is 1. The fourth-order valence-corrected chi connectivity index (χ4v) is 5.72. The summed E-state index contributed by atoms with van der Waals surface area (Å²) in [6.07, 6.45) is 1.84. The van der Waals surface area contributed by atoms with Gasteiger partial charge in [0.15, 0.2) is 5.16 Å². The second-order valence-corrected chi connectivity index (χ2v) is 9.61. The number of nitrogens with one attached hydrogen (secondary N) is 1. The highest BCUT2D eigenvalue weighted by molar-refractivity contribution is 7.99. The number of hydrogen-bond donors (Lipinski definition) is 1. The van der Waals surface area contributed by atoms with Gasteiger partial charge in [0.1, 0.15) is 10.5 Å². The maximum absolute atomic E-state index is 13.7. The van der Waals surface area contributed by atoms with Crippen LogP contribution >= 0.6 is 23.1 Å². The van der Waals surface area contributed by atoms with Gasteiger partial charge in [0.2, 0.25) is 5.91 Å². The molecule has 5 rings (SSSR count). The van der Waals surface area contributed by atoms with Crippen LogP contribution in [-0.2, 0) is 11.2 Å². The van der Waals surface area contributed by atoms with Crippen molar-refractivity contribution >= 4 is 39.2 Å². The van der Waals surface area contributed by atoms with Crippen molar-refractivity contribution in [3.05, 3.63) is 86.8 Å². The molecule has 1 N–H and O–H groups in total. The van der Waals surface area contributed by atoms with Gasteiger partial charge in [-0.15, -0.1) is 11.3 Å². The molecule has 1 amide bonds. The Kier molecular flexibility index (Phi) is 5.57. The molecule has 0 saturated carbocycles. The zero-order valence-electron chi connectivity index (χ0n) is 17.3. The minimum atomic E-state index is -0.366. The highest BCUT2D eigenvalue weighted by atomic mass is 32.2. The number of carbonyl (C=O) groups excluding carboxylic acids is 1. The highest BCUT2D eigenvalue weighted by Crippen LogP contribution is 2.31. The van der Waals surface area contributed by atoms with Crippen LogP contribution in [0.15, 0.2) is 63.9 Å². The molecule has 0 fully saturated rings. The van der Waals surface area contributed by atoms with Gasteiger partial charge in [0.05, 0.1) is 23.0 Å². The van der Waals surface area contributed by atoms with Crippen LogP contribution in [0.3, 0.4) is 0 Å². The van der Waals surface area contributed by atoms with Crippen molar-refractivity contribution in [3.8, 4) is 5.69 Å². The van der Waals surface area contributed by atoms with Gasteiger partial charge in [-0.05, 0) is 66.1 Å². The first-order valence-corrected chi connectivity index (χ1v) is 12.1. The number of amides is 1. The van der Waals surface area contributed by atoms with Crippen molar-refractivity contribution in [3.63, 3.8) is 0 Å².